The van der Waals surface area contributed by atoms with Gasteiger partial charge in [0.2, 0.25) is 0 Å². The second-order valence-electron chi connectivity index (χ2n) is 17.6. The standard InChI is InChI=1S/C32H55N8.C6H13NO2.Zn/c1-2-10-18-17(9-1)25-33-26(18)38-28-21-13-5-6-14-22(21)30(35-28)40-32-24-16-8-7-15-23(24)31(36-32)39-29-20-12-4-3-11-19(20)27(34-29)37-25;8-4-1-7-2-5-9-6-3-7;/h9,17-40H,1-8,10-16H2;8H,1-6H2;/q-1;;. The molecule has 4 saturated carbocycles. The number of aliphatic hydroxyl groups excluding tert-OH is 1. The largest absolute Gasteiger partial charge is 0.395 e. The monoisotopic (exact) mass is 746 g/mol. The Bertz CT molecular complexity index is 878. The molecule has 0 amide bonds. The van der Waals surface area contributed by atoms with Crippen LogP contribution in [-0.2, 0) is 24.2 Å². The number of ether oxygens (including phenoxy) is 1. The van der Waals surface area contributed by atoms with E-state index in [2.05, 4.69) is 53.9 Å². The summed E-state index contributed by atoms with van der Waals surface area (Å²) in [5, 5.41) is 42.2. The molecular weight excluding hydrogens is 680 g/mol. The Kier molecular flexibility index (Phi) is 12.6. The Labute approximate surface area is 314 Å². The molecule has 9 N–H and O–H groups in total. The summed E-state index contributed by atoms with van der Waals surface area (Å²) >= 11 is 0. The molecule has 0 aromatic carbocycles. The van der Waals surface area contributed by atoms with Crippen LogP contribution in [0, 0.1) is 53.8 Å². The van der Waals surface area contributed by atoms with Gasteiger partial charge in [-0.05, 0) is 80.0 Å². The molecule has 6 heterocycles. The molecule has 16 atom stereocenters. The van der Waals surface area contributed by atoms with Crippen LogP contribution in [0.1, 0.15) is 96.3 Å². The Balaban J connectivity index is 0.000000318. The number of morpholine rings is 1. The van der Waals surface area contributed by atoms with Crippen LogP contribution < -0.4 is 42.5 Å². The van der Waals surface area contributed by atoms with Gasteiger partial charge < -0.3 is 16.3 Å². The van der Waals surface area contributed by atoms with Crippen molar-refractivity contribution in [2.24, 2.45) is 47.3 Å². The topological polar surface area (TPSA) is 129 Å². The van der Waals surface area contributed by atoms with Crippen molar-refractivity contribution in [3.05, 3.63) is 6.42 Å². The number of hydrogen-bond donors (Lipinski definition) is 9. The summed E-state index contributed by atoms with van der Waals surface area (Å²) < 4.78 is 5.12. The van der Waals surface area contributed by atoms with Gasteiger partial charge in [-0.3, -0.25) is 47.4 Å². The molecule has 0 radical (unpaired) electrons. The van der Waals surface area contributed by atoms with Gasteiger partial charge in [-0.25, -0.2) is 0 Å². The van der Waals surface area contributed by atoms with Gasteiger partial charge in [0, 0.05) is 45.3 Å². The van der Waals surface area contributed by atoms with Crippen molar-refractivity contribution >= 4 is 0 Å². The van der Waals surface area contributed by atoms with Crippen molar-refractivity contribution in [2.45, 2.75) is 146 Å². The maximum absolute atomic E-state index is 8.54. The van der Waals surface area contributed by atoms with E-state index in [1.807, 2.05) is 0 Å². The number of rotatable bonds is 2. The molecule has 10 rings (SSSR count). The molecule has 0 aromatic heterocycles. The quantitative estimate of drug-likeness (QED) is 0.152. The third-order valence-electron chi connectivity index (χ3n) is 15.1. The van der Waals surface area contributed by atoms with Crippen molar-refractivity contribution < 1.29 is 29.3 Å². The molecule has 6 aliphatic heterocycles. The second-order valence-corrected chi connectivity index (χ2v) is 17.6. The number of β-amino-alcohol motifs (C(OH)–C–C–N with tert-alkyl or cyclic N) is 1. The van der Waals surface area contributed by atoms with Crippen LogP contribution in [0.2, 0.25) is 0 Å². The van der Waals surface area contributed by atoms with Crippen LogP contribution in [0.15, 0.2) is 0 Å². The van der Waals surface area contributed by atoms with Gasteiger partial charge in [-0.15, -0.1) is 5.92 Å². The van der Waals surface area contributed by atoms with Gasteiger partial charge in [0.1, 0.15) is 0 Å². The first-order chi connectivity index (χ1) is 24.2. The van der Waals surface area contributed by atoms with Gasteiger partial charge in [0.05, 0.1) is 63.0 Å². The minimum atomic E-state index is 0. The van der Waals surface area contributed by atoms with Crippen LogP contribution >= 0.6 is 0 Å². The summed E-state index contributed by atoms with van der Waals surface area (Å²) in [6.07, 6.45) is 26.4. The first-order valence-corrected chi connectivity index (χ1v) is 21.1. The van der Waals surface area contributed by atoms with E-state index in [0.717, 1.165) is 68.4 Å². The summed E-state index contributed by atoms with van der Waals surface area (Å²) in [6.45, 7) is 4.64. The minimum absolute atomic E-state index is 0. The van der Waals surface area contributed by atoms with Gasteiger partial charge >= 0.3 is 0 Å². The Morgan fingerprint density at radius 3 is 1.20 bits per heavy atom. The molecule has 6 saturated heterocycles. The number of nitrogens with one attached hydrogen (secondary N) is 8. The van der Waals surface area contributed by atoms with Crippen molar-refractivity contribution in [1.29, 1.82) is 0 Å². The van der Waals surface area contributed by atoms with E-state index in [1.54, 1.807) is 0 Å². The van der Waals surface area contributed by atoms with Crippen LogP contribution in [0.4, 0.5) is 0 Å². The van der Waals surface area contributed by atoms with E-state index in [4.69, 9.17) is 9.84 Å². The maximum Gasteiger partial charge on any atom is 0.0628 e. The van der Waals surface area contributed by atoms with Crippen LogP contribution in [0.25, 0.3) is 0 Å². The summed E-state index contributed by atoms with van der Waals surface area (Å²) in [4.78, 5) is 2.20. The Morgan fingerprint density at radius 2 is 0.820 bits per heavy atom. The zero-order valence-corrected chi connectivity index (χ0v) is 33.6. The third-order valence-corrected chi connectivity index (χ3v) is 15.1. The third kappa shape index (κ3) is 7.55. The van der Waals surface area contributed by atoms with Gasteiger partial charge in [0.25, 0.3) is 0 Å². The molecule has 8 bridgehead atoms. The maximum atomic E-state index is 8.54. The SMILES string of the molecule is OCCN1CCOCC1.[CH-]1CCCC2C3NC(NC4NC(NC5NC(NC6NC(N3)C3CCCCC63)C3CCCCC53)C3CCCCC43)C12.[Zn]. The molecule has 280 valence electrons. The summed E-state index contributed by atoms with van der Waals surface area (Å²) in [6, 6.07) is 0. The molecule has 16 unspecified atom stereocenters. The van der Waals surface area contributed by atoms with Crippen LogP contribution in [0.3, 0.4) is 0 Å². The van der Waals surface area contributed by atoms with E-state index in [1.165, 1.54) is 96.3 Å². The van der Waals surface area contributed by atoms with Gasteiger partial charge in [0.15, 0.2) is 0 Å². The molecule has 10 aliphatic rings. The molecular formula is C38H68N9O2Zn-. The Morgan fingerprint density at radius 1 is 0.480 bits per heavy atom. The summed E-state index contributed by atoms with van der Waals surface area (Å²) in [5.41, 5.74) is 0. The first-order valence-electron chi connectivity index (χ1n) is 21.1. The predicted octanol–water partition coefficient (Wildman–Crippen LogP) is 1.73. The fourth-order valence-corrected chi connectivity index (χ4v) is 12.7. The Hall–Kier alpha value is 0.183. The average Bonchev–Trinajstić information content (AvgIpc) is 3.88. The molecule has 0 spiro atoms. The van der Waals surface area contributed by atoms with Crippen LogP contribution in [0.5, 0.6) is 0 Å². The number of nitrogens with zero attached hydrogens (tertiary/aromatic N) is 1. The molecule has 11 nitrogen and oxygen atoms in total. The molecule has 12 heteroatoms. The first kappa shape index (κ1) is 37.1. The zero-order chi connectivity index (χ0) is 32.7. The van der Waals surface area contributed by atoms with E-state index in [0.29, 0.717) is 61.2 Å². The van der Waals surface area contributed by atoms with E-state index in [9.17, 15) is 0 Å². The van der Waals surface area contributed by atoms with E-state index in [-0.39, 0.29) is 26.1 Å². The molecule has 0 aromatic rings. The summed E-state index contributed by atoms with van der Waals surface area (Å²) in [7, 11) is 0. The van der Waals surface area contributed by atoms with E-state index < -0.39 is 0 Å². The normalized spacial score (nSPS) is 50.1. The zero-order valence-electron chi connectivity index (χ0n) is 30.7. The summed E-state index contributed by atoms with van der Waals surface area (Å²) in [5.74, 6) is 5.74. The number of fused-ring (bicyclic) bond motifs is 20. The average molecular weight is 748 g/mol. The van der Waals surface area contributed by atoms with Gasteiger partial charge in [-0.1, -0.05) is 51.4 Å². The minimum Gasteiger partial charge on any atom is -0.395 e. The predicted molar refractivity (Wildman–Crippen MR) is 191 cm³/mol. The van der Waals surface area contributed by atoms with Crippen LogP contribution in [-0.4, -0.2) is 98.8 Å². The number of hydrogen-bond acceptors (Lipinski definition) is 11. The van der Waals surface area contributed by atoms with Crippen molar-refractivity contribution in [1.82, 2.24) is 47.4 Å². The smallest absolute Gasteiger partial charge is 0.0628 e. The van der Waals surface area contributed by atoms with Crippen molar-refractivity contribution in [2.75, 3.05) is 39.5 Å². The van der Waals surface area contributed by atoms with Crippen molar-refractivity contribution in [3.63, 3.8) is 0 Å². The fourth-order valence-electron chi connectivity index (χ4n) is 12.7. The second kappa shape index (κ2) is 16.9. The molecule has 10 fully saturated rings. The number of aliphatic hydroxyl groups is 1. The van der Waals surface area contributed by atoms with Gasteiger partial charge in [-0.2, -0.15) is 6.42 Å². The molecule has 50 heavy (non-hydrogen) atoms. The fraction of sp³-hybridized carbons (Fsp3) is 0.974. The van der Waals surface area contributed by atoms with Crippen molar-refractivity contribution in [3.8, 4) is 0 Å². The van der Waals surface area contributed by atoms with E-state index >= 15 is 0 Å². The molecule has 4 aliphatic carbocycles.